The number of nitrogens with zero attached hydrogens (tertiary/aromatic N) is 4. The van der Waals surface area contributed by atoms with E-state index in [0.29, 0.717) is 28.4 Å². The second-order valence-electron chi connectivity index (χ2n) is 7.16. The average Bonchev–Trinajstić information content (AvgIpc) is 2.81. The van der Waals surface area contributed by atoms with Crippen LogP contribution >= 0.6 is 11.8 Å². The molecule has 0 aliphatic rings. The monoisotopic (exact) mass is 442 g/mol. The van der Waals surface area contributed by atoms with Gasteiger partial charge in [0, 0.05) is 18.4 Å². The number of carbonyl (C=O) groups excluding carboxylic acids is 1. The number of carbonyl (C=O) groups is 1. The summed E-state index contributed by atoms with van der Waals surface area (Å²) in [6, 6.07) is 20.3. The summed E-state index contributed by atoms with van der Waals surface area (Å²) in [6.07, 6.45) is 3.35. The smallest absolute Gasteiger partial charge is 0.267 e. The van der Waals surface area contributed by atoms with Gasteiger partial charge in [-0.2, -0.15) is 0 Å². The van der Waals surface area contributed by atoms with E-state index >= 15 is 0 Å². The van der Waals surface area contributed by atoms with Gasteiger partial charge in [0.25, 0.3) is 5.56 Å². The van der Waals surface area contributed by atoms with Crippen LogP contribution in [-0.4, -0.2) is 32.7 Å². The predicted octanol–water partition coefficient (Wildman–Crippen LogP) is 4.40. The van der Waals surface area contributed by atoms with Crippen molar-refractivity contribution in [2.45, 2.75) is 12.1 Å². The van der Waals surface area contributed by atoms with E-state index in [1.165, 1.54) is 16.3 Å². The largest absolute Gasteiger partial charge is 0.308 e. The fraction of sp³-hybridized carbons (Fsp3) is 0.120. The van der Waals surface area contributed by atoms with Gasteiger partial charge in [0.1, 0.15) is 5.82 Å². The highest BCUT2D eigenvalue weighted by Crippen LogP contribution is 2.23. The van der Waals surface area contributed by atoms with E-state index in [2.05, 4.69) is 16.5 Å². The molecule has 0 N–H and O–H groups in total. The van der Waals surface area contributed by atoms with Gasteiger partial charge >= 0.3 is 0 Å². The maximum Gasteiger partial charge on any atom is 0.267 e. The first kappa shape index (κ1) is 21.5. The maximum atomic E-state index is 13.3. The minimum atomic E-state index is -0.213. The molecule has 1 amide bonds. The number of thioether (sulfide) groups is 1. The number of fused-ring (bicyclic) bond motifs is 1. The lowest BCUT2D eigenvalue weighted by molar-refractivity contribution is -0.116. The molecule has 2 aromatic heterocycles. The van der Waals surface area contributed by atoms with E-state index in [0.717, 1.165) is 11.3 Å². The molecule has 0 spiro atoms. The van der Waals surface area contributed by atoms with Crippen molar-refractivity contribution in [1.82, 2.24) is 14.5 Å². The average molecular weight is 443 g/mol. The number of pyridine rings is 1. The van der Waals surface area contributed by atoms with Crippen molar-refractivity contribution in [2.24, 2.45) is 0 Å². The lowest BCUT2D eigenvalue weighted by Crippen LogP contribution is -2.33. The van der Waals surface area contributed by atoms with Gasteiger partial charge in [-0.15, -0.1) is 6.58 Å². The molecule has 6 nitrogen and oxygen atoms in total. The Morgan fingerprint density at radius 3 is 2.62 bits per heavy atom. The number of aryl methyl sites for hydroxylation is 1. The van der Waals surface area contributed by atoms with Gasteiger partial charge in [-0.3, -0.25) is 9.59 Å². The summed E-state index contributed by atoms with van der Waals surface area (Å²) in [7, 11) is 0. The van der Waals surface area contributed by atoms with E-state index in [9.17, 15) is 9.59 Å². The summed E-state index contributed by atoms with van der Waals surface area (Å²) in [5, 5.41) is 0.927. The fourth-order valence-electron chi connectivity index (χ4n) is 3.35. The van der Waals surface area contributed by atoms with Gasteiger partial charge in [0.2, 0.25) is 5.91 Å². The van der Waals surface area contributed by atoms with E-state index in [-0.39, 0.29) is 17.2 Å². The van der Waals surface area contributed by atoms with Crippen LogP contribution < -0.4 is 10.5 Å². The molecule has 0 radical (unpaired) electrons. The van der Waals surface area contributed by atoms with Crippen LogP contribution in [0.4, 0.5) is 5.69 Å². The zero-order valence-electron chi connectivity index (χ0n) is 17.6. The third-order valence-electron chi connectivity index (χ3n) is 4.88. The SMILES string of the molecule is C=CCN(C(=O)CSc1nc2ccccc2c(=O)n1-c1cc(C)ccn1)c1ccccc1. The number of hydrogen-bond donors (Lipinski definition) is 0. The second-order valence-corrected chi connectivity index (χ2v) is 8.10. The highest BCUT2D eigenvalue weighted by Gasteiger charge is 2.19. The van der Waals surface area contributed by atoms with Crippen molar-refractivity contribution in [1.29, 1.82) is 0 Å². The van der Waals surface area contributed by atoms with Crippen molar-refractivity contribution in [2.75, 3.05) is 17.2 Å². The van der Waals surface area contributed by atoms with Crippen LogP contribution in [0, 0.1) is 6.92 Å². The molecule has 32 heavy (non-hydrogen) atoms. The summed E-state index contributed by atoms with van der Waals surface area (Å²) in [4.78, 5) is 37.1. The molecule has 0 aliphatic heterocycles. The Morgan fingerprint density at radius 2 is 1.88 bits per heavy atom. The third-order valence-corrected chi connectivity index (χ3v) is 5.80. The third kappa shape index (κ3) is 4.48. The van der Waals surface area contributed by atoms with E-state index in [1.54, 1.807) is 29.3 Å². The molecule has 160 valence electrons. The van der Waals surface area contributed by atoms with E-state index in [4.69, 9.17) is 0 Å². The lowest BCUT2D eigenvalue weighted by atomic mass is 10.2. The maximum absolute atomic E-state index is 13.3. The molecular weight excluding hydrogens is 420 g/mol. The number of anilines is 1. The van der Waals surface area contributed by atoms with Gasteiger partial charge in [-0.1, -0.05) is 48.2 Å². The molecule has 4 aromatic rings. The zero-order chi connectivity index (χ0) is 22.5. The molecular formula is C25H22N4O2S. The summed E-state index contributed by atoms with van der Waals surface area (Å²) in [5.41, 5.74) is 2.14. The zero-order valence-corrected chi connectivity index (χ0v) is 18.5. The van der Waals surface area contributed by atoms with Crippen LogP contribution in [0.15, 0.2) is 95.5 Å². The molecule has 0 unspecified atom stereocenters. The number of rotatable bonds is 7. The molecule has 0 aliphatic carbocycles. The number of amides is 1. The van der Waals surface area contributed by atoms with Crippen molar-refractivity contribution in [3.8, 4) is 5.82 Å². The minimum absolute atomic E-state index is 0.104. The van der Waals surface area contributed by atoms with Crippen molar-refractivity contribution < 1.29 is 4.79 Å². The topological polar surface area (TPSA) is 68.1 Å². The van der Waals surface area contributed by atoms with Crippen molar-refractivity contribution >= 4 is 34.3 Å². The van der Waals surface area contributed by atoms with Crippen LogP contribution in [0.3, 0.4) is 0 Å². The quantitative estimate of drug-likeness (QED) is 0.241. The number of hydrogen-bond acceptors (Lipinski definition) is 5. The molecule has 0 saturated heterocycles. The van der Waals surface area contributed by atoms with Crippen LogP contribution in [-0.2, 0) is 4.79 Å². The van der Waals surface area contributed by atoms with E-state index < -0.39 is 0 Å². The Balaban J connectivity index is 1.72. The Labute approximate surface area is 190 Å². The lowest BCUT2D eigenvalue weighted by Gasteiger charge is -2.21. The fourth-order valence-corrected chi connectivity index (χ4v) is 4.22. The Kier molecular flexibility index (Phi) is 6.47. The van der Waals surface area contributed by atoms with Gasteiger partial charge in [-0.05, 0) is 48.9 Å². The predicted molar refractivity (Wildman–Crippen MR) is 130 cm³/mol. The Bertz CT molecular complexity index is 1330. The number of benzene rings is 2. The first-order chi connectivity index (χ1) is 15.6. The summed E-state index contributed by atoms with van der Waals surface area (Å²) >= 11 is 1.22. The van der Waals surface area contributed by atoms with Gasteiger partial charge in [0.05, 0.1) is 16.7 Å². The van der Waals surface area contributed by atoms with Crippen LogP contribution in [0.1, 0.15) is 5.56 Å². The minimum Gasteiger partial charge on any atom is -0.308 e. The molecule has 2 aromatic carbocycles. The molecule has 2 heterocycles. The molecule has 0 bridgehead atoms. The summed E-state index contributed by atoms with van der Waals surface area (Å²) in [6.45, 7) is 6.10. The molecule has 0 atom stereocenters. The molecule has 7 heteroatoms. The highest BCUT2D eigenvalue weighted by atomic mass is 32.2. The highest BCUT2D eigenvalue weighted by molar-refractivity contribution is 7.99. The van der Waals surface area contributed by atoms with Crippen LogP contribution in [0.25, 0.3) is 16.7 Å². The molecule has 4 rings (SSSR count). The first-order valence-electron chi connectivity index (χ1n) is 10.1. The number of para-hydroxylation sites is 2. The van der Waals surface area contributed by atoms with Gasteiger partial charge < -0.3 is 4.90 Å². The van der Waals surface area contributed by atoms with Crippen molar-refractivity contribution in [3.63, 3.8) is 0 Å². The molecule has 0 saturated carbocycles. The summed E-state index contributed by atoms with van der Waals surface area (Å²) in [5.74, 6) is 0.487. The Hall–Kier alpha value is -3.71. The summed E-state index contributed by atoms with van der Waals surface area (Å²) < 4.78 is 1.48. The number of aromatic nitrogens is 3. The van der Waals surface area contributed by atoms with E-state index in [1.807, 2.05) is 61.5 Å². The van der Waals surface area contributed by atoms with Gasteiger partial charge in [0.15, 0.2) is 5.16 Å². The van der Waals surface area contributed by atoms with Crippen molar-refractivity contribution in [3.05, 3.63) is 101 Å². The van der Waals surface area contributed by atoms with Gasteiger partial charge in [-0.25, -0.2) is 14.5 Å². The second kappa shape index (κ2) is 9.62. The van der Waals surface area contributed by atoms with Crippen LogP contribution in [0.2, 0.25) is 0 Å². The van der Waals surface area contributed by atoms with Crippen LogP contribution in [0.5, 0.6) is 0 Å². The molecule has 0 fully saturated rings. The Morgan fingerprint density at radius 1 is 1.12 bits per heavy atom. The normalized spacial score (nSPS) is 10.8. The standard InChI is InChI=1S/C25H22N4O2S/c1-3-15-28(19-9-5-4-6-10-19)23(30)17-32-25-27-21-12-8-7-11-20(21)24(31)29(25)22-16-18(2)13-14-26-22/h3-14,16H,1,15,17H2,2H3. The first-order valence-corrected chi connectivity index (χ1v) is 11.1.